The van der Waals surface area contributed by atoms with Crippen LogP contribution in [0.2, 0.25) is 0 Å². The van der Waals surface area contributed by atoms with Crippen LogP contribution in [-0.4, -0.2) is 73.8 Å². The van der Waals surface area contributed by atoms with Gasteiger partial charge in [0, 0.05) is 38.2 Å². The van der Waals surface area contributed by atoms with Crippen molar-refractivity contribution < 1.29 is 23.1 Å². The molecule has 2 aromatic rings. The number of nitrogens with zero attached hydrogens (tertiary/aromatic N) is 7. The Bertz CT molecular complexity index is 1360. The Morgan fingerprint density at radius 1 is 1.23 bits per heavy atom. The molecular formula is C26H27FN8O4. The minimum atomic E-state index is -0.573. The molecule has 0 unspecified atom stereocenters. The number of ether oxygens (including phenoxy) is 1. The zero-order valence-electron chi connectivity index (χ0n) is 21.6. The number of nitriles is 1. The number of amides is 2. The smallest absolute Gasteiger partial charge is 0.414 e. The second kappa shape index (κ2) is 12.2. The number of halogens is 1. The van der Waals surface area contributed by atoms with Gasteiger partial charge in [0.05, 0.1) is 31.0 Å². The summed E-state index contributed by atoms with van der Waals surface area (Å²) in [4.78, 5) is 31.8. The van der Waals surface area contributed by atoms with Crippen LogP contribution >= 0.6 is 0 Å². The van der Waals surface area contributed by atoms with Crippen molar-refractivity contribution in [3.63, 3.8) is 0 Å². The lowest BCUT2D eigenvalue weighted by Gasteiger charge is -2.36. The van der Waals surface area contributed by atoms with E-state index < -0.39 is 18.0 Å². The Morgan fingerprint density at radius 3 is 2.67 bits per heavy atom. The lowest BCUT2D eigenvalue weighted by molar-refractivity contribution is -0.119. The first kappa shape index (κ1) is 27.3. The highest BCUT2D eigenvalue weighted by Crippen LogP contribution is 2.28. The molecule has 0 aliphatic carbocycles. The molecule has 0 saturated carbocycles. The van der Waals surface area contributed by atoms with E-state index in [1.54, 1.807) is 31.2 Å². The Morgan fingerprint density at radius 2 is 2.00 bits per heavy atom. The zero-order valence-corrected chi connectivity index (χ0v) is 21.6. The van der Waals surface area contributed by atoms with Crippen LogP contribution in [0, 0.1) is 23.7 Å². The fourth-order valence-electron chi connectivity index (χ4n) is 4.28. The van der Waals surface area contributed by atoms with Crippen molar-refractivity contribution in [1.82, 2.24) is 10.2 Å². The van der Waals surface area contributed by atoms with Gasteiger partial charge in [-0.2, -0.15) is 0 Å². The molecule has 2 aliphatic rings. The van der Waals surface area contributed by atoms with Gasteiger partial charge in [0.1, 0.15) is 29.5 Å². The van der Waals surface area contributed by atoms with Crippen molar-refractivity contribution >= 4 is 34.9 Å². The molecule has 0 spiro atoms. The number of cyclic esters (lactones) is 1. The van der Waals surface area contributed by atoms with E-state index in [0.29, 0.717) is 55.6 Å². The van der Waals surface area contributed by atoms with Gasteiger partial charge in [-0.15, -0.1) is 0 Å². The number of nitrogens with one attached hydrogen (secondary N) is 1. The largest absolute Gasteiger partial charge is 0.458 e. The zero-order chi connectivity index (χ0) is 27.9. The minimum Gasteiger partial charge on any atom is -0.458 e. The van der Waals surface area contributed by atoms with E-state index in [4.69, 9.17) is 21.0 Å². The van der Waals surface area contributed by atoms with Crippen LogP contribution in [0.25, 0.3) is 4.85 Å². The highest BCUT2D eigenvalue weighted by molar-refractivity contribution is 6.05. The first-order chi connectivity index (χ1) is 18.8. The van der Waals surface area contributed by atoms with Crippen LogP contribution in [0.1, 0.15) is 25.4 Å². The Kier molecular flexibility index (Phi) is 8.53. The third kappa shape index (κ3) is 6.77. The Labute approximate surface area is 224 Å². The molecule has 0 radical (unpaired) electrons. The van der Waals surface area contributed by atoms with Gasteiger partial charge < -0.3 is 24.2 Å². The van der Waals surface area contributed by atoms with Gasteiger partial charge in [0.15, 0.2) is 5.76 Å². The first-order valence-corrected chi connectivity index (χ1v) is 12.3. The van der Waals surface area contributed by atoms with Crippen molar-refractivity contribution in [2.24, 2.45) is 10.2 Å². The van der Waals surface area contributed by atoms with Crippen molar-refractivity contribution in [2.75, 3.05) is 49.1 Å². The fraction of sp³-hybridized carbons (Fsp3) is 0.385. The molecule has 2 aliphatic heterocycles. The quantitative estimate of drug-likeness (QED) is 0.238. The maximum Gasteiger partial charge on any atom is 0.414 e. The molecule has 1 N–H and O–H groups in total. The number of amidine groups is 1. The van der Waals surface area contributed by atoms with Crippen LogP contribution in [-0.2, 0) is 16.1 Å². The molecule has 12 nitrogen and oxygen atoms in total. The molecule has 13 heteroatoms. The number of piperazine rings is 1. The van der Waals surface area contributed by atoms with Gasteiger partial charge in [0.2, 0.25) is 5.91 Å². The van der Waals surface area contributed by atoms with Crippen molar-refractivity contribution in [1.29, 1.82) is 5.26 Å². The van der Waals surface area contributed by atoms with Crippen LogP contribution < -0.4 is 15.1 Å². The normalized spacial score (nSPS) is 18.5. The minimum absolute atomic E-state index is 0.204. The predicted octanol–water partition coefficient (Wildman–Crippen LogP) is 2.77. The van der Waals surface area contributed by atoms with Gasteiger partial charge in [0.25, 0.3) is 0 Å². The van der Waals surface area contributed by atoms with E-state index in [1.807, 2.05) is 11.0 Å². The molecule has 1 aromatic carbocycles. The summed E-state index contributed by atoms with van der Waals surface area (Å²) in [5, 5.41) is 18.9. The van der Waals surface area contributed by atoms with E-state index >= 15 is 4.39 Å². The monoisotopic (exact) mass is 534 g/mol. The molecular weight excluding hydrogens is 507 g/mol. The number of carbonyl (C=O) groups excluding carboxylic acids is 2. The van der Waals surface area contributed by atoms with E-state index in [-0.39, 0.29) is 24.8 Å². The molecule has 39 heavy (non-hydrogen) atoms. The fourth-order valence-corrected chi connectivity index (χ4v) is 4.28. The van der Waals surface area contributed by atoms with E-state index in [0.717, 1.165) is 5.76 Å². The number of hydrogen-bond acceptors (Lipinski definition) is 9. The van der Waals surface area contributed by atoms with Crippen LogP contribution in [0.4, 0.5) is 20.6 Å². The van der Waals surface area contributed by atoms with E-state index in [9.17, 15) is 9.59 Å². The number of anilines is 2. The Hall–Kier alpha value is -4.75. The number of benzene rings is 1. The van der Waals surface area contributed by atoms with Gasteiger partial charge in [-0.3, -0.25) is 14.6 Å². The van der Waals surface area contributed by atoms with Crippen LogP contribution in [0.15, 0.2) is 45.0 Å². The standard InChI is InChI=1S/C26H27FN8O4/c1-17(31-32-25(13-28)29-3)24-7-5-20(38-24)15-33-8-10-34(11-9-33)23-6-4-19(12-22(23)27)35-16-21(39-26(35)37)14-30-18(2)36/h4-7,12,21H,8-11,14-16H2,1-2H3,(H,30,36)/b31-17-,32-25-/t21-/m0/s1. The van der Waals surface area contributed by atoms with Crippen LogP contribution in [0.3, 0.4) is 0 Å². The molecule has 1 aromatic heterocycles. The summed E-state index contributed by atoms with van der Waals surface area (Å²) in [6.45, 7) is 13.5. The van der Waals surface area contributed by atoms with Crippen molar-refractivity contribution in [2.45, 2.75) is 26.5 Å². The second-order valence-corrected chi connectivity index (χ2v) is 9.05. The van der Waals surface area contributed by atoms with Gasteiger partial charge in [-0.25, -0.2) is 14.4 Å². The Balaban J connectivity index is 1.31. The third-order valence-corrected chi connectivity index (χ3v) is 6.31. The maximum atomic E-state index is 15.1. The number of carbonyl (C=O) groups is 2. The van der Waals surface area contributed by atoms with E-state index in [2.05, 4.69) is 25.3 Å². The maximum absolute atomic E-state index is 15.1. The summed E-state index contributed by atoms with van der Waals surface area (Å²) in [5.41, 5.74) is 1.32. The average molecular weight is 535 g/mol. The van der Waals surface area contributed by atoms with Gasteiger partial charge in [-0.1, -0.05) is 11.7 Å². The number of rotatable bonds is 8. The second-order valence-electron chi connectivity index (χ2n) is 9.05. The highest BCUT2D eigenvalue weighted by Gasteiger charge is 2.33. The molecule has 1 atom stereocenters. The summed E-state index contributed by atoms with van der Waals surface area (Å²) in [6, 6.07) is 9.96. The number of hydrogen-bond donors (Lipinski definition) is 1. The van der Waals surface area contributed by atoms with Crippen molar-refractivity contribution in [3.05, 3.63) is 59.1 Å². The third-order valence-electron chi connectivity index (χ3n) is 6.31. The molecule has 2 saturated heterocycles. The van der Waals surface area contributed by atoms with Crippen molar-refractivity contribution in [3.8, 4) is 6.07 Å². The molecule has 0 bridgehead atoms. The topological polar surface area (TPSA) is 131 Å². The SMILES string of the molecule is [C-]#[N+]/C(C#N)=N\N=C(\C)c1ccc(CN2CCN(c3ccc(N4C[C@H](CNC(C)=O)OC4=O)cc3F)CC2)o1. The molecule has 202 valence electrons. The van der Waals surface area contributed by atoms with Gasteiger partial charge >= 0.3 is 11.9 Å². The lowest BCUT2D eigenvalue weighted by Crippen LogP contribution is -2.46. The molecule has 4 rings (SSSR count). The van der Waals surface area contributed by atoms with Crippen LogP contribution in [0.5, 0.6) is 0 Å². The summed E-state index contributed by atoms with van der Waals surface area (Å²) >= 11 is 0. The summed E-state index contributed by atoms with van der Waals surface area (Å²) in [5.74, 6) is 0.238. The first-order valence-electron chi connectivity index (χ1n) is 12.3. The van der Waals surface area contributed by atoms with E-state index in [1.165, 1.54) is 17.9 Å². The highest BCUT2D eigenvalue weighted by atomic mass is 19.1. The average Bonchev–Trinajstić information content (AvgIpc) is 3.55. The summed E-state index contributed by atoms with van der Waals surface area (Å²) < 4.78 is 26.2. The number of furan rings is 1. The molecule has 3 heterocycles. The summed E-state index contributed by atoms with van der Waals surface area (Å²) in [6.07, 6.45) is -1.06. The summed E-state index contributed by atoms with van der Waals surface area (Å²) in [7, 11) is 0. The molecule has 2 amide bonds. The van der Waals surface area contributed by atoms with Gasteiger partial charge in [-0.05, 0) is 37.3 Å². The predicted molar refractivity (Wildman–Crippen MR) is 141 cm³/mol. The molecule has 2 fully saturated rings. The lowest BCUT2D eigenvalue weighted by atomic mass is 10.2.